The Morgan fingerprint density at radius 3 is 2.59 bits per heavy atom. The van der Waals surface area contributed by atoms with Crippen LogP contribution in [0.25, 0.3) is 0 Å². The number of carbonyl (C=O) groups excluding carboxylic acids is 1. The zero-order chi connectivity index (χ0) is 15.9. The van der Waals surface area contributed by atoms with Crippen LogP contribution in [-0.2, 0) is 4.79 Å². The number of carbonyl (C=O) groups is 1. The van der Waals surface area contributed by atoms with Crippen LogP contribution >= 0.6 is 23.2 Å². The summed E-state index contributed by atoms with van der Waals surface area (Å²) in [6.45, 7) is 2.54. The van der Waals surface area contributed by atoms with Gasteiger partial charge in [0.1, 0.15) is 5.75 Å². The van der Waals surface area contributed by atoms with E-state index in [2.05, 4.69) is 12.2 Å². The van der Waals surface area contributed by atoms with Gasteiger partial charge in [0.05, 0.1) is 5.02 Å². The molecule has 0 saturated heterocycles. The molecule has 2 aromatic carbocycles. The number of benzene rings is 2. The van der Waals surface area contributed by atoms with Crippen molar-refractivity contribution >= 4 is 29.1 Å². The van der Waals surface area contributed by atoms with Gasteiger partial charge in [0, 0.05) is 11.6 Å². The number of halogens is 2. The second-order valence-electron chi connectivity index (χ2n) is 4.98. The van der Waals surface area contributed by atoms with E-state index in [4.69, 9.17) is 27.9 Å². The normalized spacial score (nSPS) is 11.8. The third-order valence-electron chi connectivity index (χ3n) is 3.23. The predicted octanol–water partition coefficient (Wildman–Crippen LogP) is 4.29. The van der Waals surface area contributed by atoms with E-state index >= 15 is 0 Å². The molecule has 1 atom stereocenters. The maximum atomic E-state index is 11.8. The molecule has 2 aromatic rings. The minimum atomic E-state index is -0.186. The van der Waals surface area contributed by atoms with Crippen molar-refractivity contribution in [1.29, 1.82) is 0 Å². The van der Waals surface area contributed by atoms with Gasteiger partial charge in [0.2, 0.25) is 0 Å². The number of amides is 1. The van der Waals surface area contributed by atoms with Crippen molar-refractivity contribution in [2.24, 2.45) is 0 Å². The Kier molecular flexibility index (Phi) is 6.10. The smallest absolute Gasteiger partial charge is 0.257 e. The van der Waals surface area contributed by atoms with Gasteiger partial charge in [0.15, 0.2) is 6.61 Å². The molecule has 116 valence electrons. The van der Waals surface area contributed by atoms with E-state index in [1.165, 1.54) is 5.56 Å². The van der Waals surface area contributed by atoms with Crippen molar-refractivity contribution in [3.63, 3.8) is 0 Å². The third kappa shape index (κ3) is 4.93. The highest BCUT2D eigenvalue weighted by Crippen LogP contribution is 2.27. The molecule has 0 fully saturated rings. The first kappa shape index (κ1) is 16.7. The summed E-state index contributed by atoms with van der Waals surface area (Å²) in [4.78, 5) is 11.8. The molecule has 0 saturated carbocycles. The van der Waals surface area contributed by atoms with Crippen LogP contribution in [0.3, 0.4) is 0 Å². The van der Waals surface area contributed by atoms with Crippen LogP contribution in [0.1, 0.15) is 18.4 Å². The second kappa shape index (κ2) is 8.06. The highest BCUT2D eigenvalue weighted by atomic mass is 35.5. The quantitative estimate of drug-likeness (QED) is 0.853. The summed E-state index contributed by atoms with van der Waals surface area (Å²) in [5.74, 6) is 0.496. The van der Waals surface area contributed by atoms with Gasteiger partial charge in [-0.3, -0.25) is 4.79 Å². The summed E-state index contributed by atoms with van der Waals surface area (Å²) in [7, 11) is 0. The summed E-state index contributed by atoms with van der Waals surface area (Å²) in [5, 5.41) is 3.76. The molecule has 0 aromatic heterocycles. The Bertz CT molecular complexity index is 632. The standard InChI is InChI=1S/C17H17Cl2NO2/c1-12(13-5-3-2-4-6-13)10-20-17(21)11-22-16-8-7-14(18)9-15(16)19/h2-9,12H,10-11H2,1H3,(H,20,21)/t12-/m0/s1. The summed E-state index contributed by atoms with van der Waals surface area (Å²) in [6, 6.07) is 14.9. The number of nitrogens with one attached hydrogen (secondary N) is 1. The third-order valence-corrected chi connectivity index (χ3v) is 3.76. The van der Waals surface area contributed by atoms with Gasteiger partial charge in [-0.2, -0.15) is 0 Å². The van der Waals surface area contributed by atoms with Gasteiger partial charge in [-0.15, -0.1) is 0 Å². The Labute approximate surface area is 140 Å². The lowest BCUT2D eigenvalue weighted by Crippen LogP contribution is -2.31. The van der Waals surface area contributed by atoms with Crippen molar-refractivity contribution < 1.29 is 9.53 Å². The van der Waals surface area contributed by atoms with E-state index in [0.717, 1.165) is 0 Å². The molecule has 0 unspecified atom stereocenters. The molecule has 2 rings (SSSR count). The highest BCUT2D eigenvalue weighted by molar-refractivity contribution is 6.35. The van der Waals surface area contributed by atoms with E-state index < -0.39 is 0 Å². The van der Waals surface area contributed by atoms with Gasteiger partial charge < -0.3 is 10.1 Å². The summed E-state index contributed by atoms with van der Waals surface area (Å²) in [6.07, 6.45) is 0. The lowest BCUT2D eigenvalue weighted by Gasteiger charge is -2.13. The molecule has 0 aliphatic heterocycles. The average molecular weight is 338 g/mol. The van der Waals surface area contributed by atoms with E-state index in [1.807, 2.05) is 30.3 Å². The monoisotopic (exact) mass is 337 g/mol. The zero-order valence-electron chi connectivity index (χ0n) is 12.2. The highest BCUT2D eigenvalue weighted by Gasteiger charge is 2.09. The van der Waals surface area contributed by atoms with Crippen molar-refractivity contribution in [3.05, 3.63) is 64.1 Å². The van der Waals surface area contributed by atoms with Crippen LogP contribution in [-0.4, -0.2) is 19.1 Å². The molecule has 0 spiro atoms. The molecular formula is C17H17Cl2NO2. The van der Waals surface area contributed by atoms with Crippen LogP contribution < -0.4 is 10.1 Å². The molecule has 1 N–H and O–H groups in total. The number of ether oxygens (including phenoxy) is 1. The van der Waals surface area contributed by atoms with E-state index in [1.54, 1.807) is 18.2 Å². The van der Waals surface area contributed by atoms with Crippen LogP contribution in [0.5, 0.6) is 5.75 Å². The van der Waals surface area contributed by atoms with Gasteiger partial charge >= 0.3 is 0 Å². The number of hydrogen-bond acceptors (Lipinski definition) is 2. The Morgan fingerprint density at radius 1 is 1.18 bits per heavy atom. The lowest BCUT2D eigenvalue weighted by molar-refractivity contribution is -0.123. The maximum Gasteiger partial charge on any atom is 0.257 e. The Hall–Kier alpha value is -1.71. The van der Waals surface area contributed by atoms with E-state index in [-0.39, 0.29) is 18.4 Å². The molecule has 0 bridgehead atoms. The molecule has 0 radical (unpaired) electrons. The zero-order valence-corrected chi connectivity index (χ0v) is 13.7. The summed E-state index contributed by atoms with van der Waals surface area (Å²) in [5.41, 5.74) is 1.18. The van der Waals surface area contributed by atoms with Crippen LogP contribution in [0.4, 0.5) is 0 Å². The fraction of sp³-hybridized carbons (Fsp3) is 0.235. The van der Waals surface area contributed by atoms with Crippen molar-refractivity contribution in [2.75, 3.05) is 13.2 Å². The van der Waals surface area contributed by atoms with Crippen LogP contribution in [0.2, 0.25) is 10.0 Å². The second-order valence-corrected chi connectivity index (χ2v) is 5.82. The molecule has 0 aliphatic carbocycles. The summed E-state index contributed by atoms with van der Waals surface area (Å²) < 4.78 is 5.39. The van der Waals surface area contributed by atoms with Crippen LogP contribution in [0, 0.1) is 0 Å². The predicted molar refractivity (Wildman–Crippen MR) is 89.8 cm³/mol. The SMILES string of the molecule is C[C@@H](CNC(=O)COc1ccc(Cl)cc1Cl)c1ccccc1. The molecule has 0 aliphatic rings. The number of rotatable bonds is 6. The molecule has 1 amide bonds. The minimum absolute atomic E-state index is 0.0805. The Morgan fingerprint density at radius 2 is 1.91 bits per heavy atom. The van der Waals surface area contributed by atoms with E-state index in [9.17, 15) is 4.79 Å². The fourth-order valence-electron chi connectivity index (χ4n) is 1.95. The Balaban J connectivity index is 1.78. The molecular weight excluding hydrogens is 321 g/mol. The molecule has 5 heteroatoms. The molecule has 22 heavy (non-hydrogen) atoms. The minimum Gasteiger partial charge on any atom is -0.482 e. The summed E-state index contributed by atoms with van der Waals surface area (Å²) >= 11 is 11.8. The van der Waals surface area contributed by atoms with Crippen molar-refractivity contribution in [3.8, 4) is 5.75 Å². The van der Waals surface area contributed by atoms with Crippen molar-refractivity contribution in [1.82, 2.24) is 5.32 Å². The lowest BCUT2D eigenvalue weighted by atomic mass is 10.0. The molecule has 0 heterocycles. The fourth-order valence-corrected chi connectivity index (χ4v) is 2.42. The maximum absolute atomic E-state index is 11.8. The largest absolute Gasteiger partial charge is 0.482 e. The van der Waals surface area contributed by atoms with E-state index in [0.29, 0.717) is 22.3 Å². The first-order valence-corrected chi connectivity index (χ1v) is 7.71. The van der Waals surface area contributed by atoms with Gasteiger partial charge in [0.25, 0.3) is 5.91 Å². The van der Waals surface area contributed by atoms with Crippen LogP contribution in [0.15, 0.2) is 48.5 Å². The van der Waals surface area contributed by atoms with Gasteiger partial charge in [-0.25, -0.2) is 0 Å². The van der Waals surface area contributed by atoms with Crippen molar-refractivity contribution in [2.45, 2.75) is 12.8 Å². The number of hydrogen-bond donors (Lipinski definition) is 1. The molecule has 3 nitrogen and oxygen atoms in total. The first-order chi connectivity index (χ1) is 10.6. The average Bonchev–Trinajstić information content (AvgIpc) is 2.52. The topological polar surface area (TPSA) is 38.3 Å². The first-order valence-electron chi connectivity index (χ1n) is 6.95. The van der Waals surface area contributed by atoms with Gasteiger partial charge in [-0.1, -0.05) is 60.5 Å². The van der Waals surface area contributed by atoms with Gasteiger partial charge in [-0.05, 0) is 29.7 Å².